The van der Waals surface area contributed by atoms with Crippen LogP contribution in [0.25, 0.3) is 0 Å². The zero-order chi connectivity index (χ0) is 13.0. The monoisotopic (exact) mass is 261 g/mol. The van der Waals surface area contributed by atoms with Crippen molar-refractivity contribution in [3.63, 3.8) is 0 Å². The van der Waals surface area contributed by atoms with Gasteiger partial charge < -0.3 is 15.2 Å². The second-order valence-corrected chi connectivity index (χ2v) is 3.77. The molecule has 1 aromatic carbocycles. The Balaban J connectivity index is 2.37. The second-order valence-electron chi connectivity index (χ2n) is 3.33. The Labute approximate surface area is 110 Å². The lowest BCUT2D eigenvalue weighted by Crippen LogP contribution is -2.13. The van der Waals surface area contributed by atoms with Gasteiger partial charge in [0.25, 0.3) is 0 Å². The zero-order valence-electron chi connectivity index (χ0n) is 9.66. The van der Waals surface area contributed by atoms with E-state index in [1.165, 1.54) is 12.4 Å². The van der Waals surface area contributed by atoms with Crippen LogP contribution >= 0.6 is 12.2 Å². The van der Waals surface area contributed by atoms with Crippen LogP contribution in [0, 0.1) is 0 Å². The number of ether oxygens (including phenoxy) is 2. The molecule has 92 valence electrons. The minimum Gasteiger partial charge on any atom is -0.493 e. The first-order valence-corrected chi connectivity index (χ1v) is 5.55. The molecular weight excluding hydrogens is 250 g/mol. The molecule has 0 unspecified atom stereocenters. The Kier molecular flexibility index (Phi) is 3.69. The molecule has 2 N–H and O–H groups in total. The van der Waals surface area contributed by atoms with Crippen LogP contribution in [0.4, 0.5) is 0 Å². The van der Waals surface area contributed by atoms with Gasteiger partial charge in [-0.1, -0.05) is 24.4 Å². The van der Waals surface area contributed by atoms with E-state index in [1.807, 2.05) is 12.1 Å². The molecule has 2 aromatic rings. The number of aromatic nitrogens is 2. The van der Waals surface area contributed by atoms with Crippen LogP contribution in [-0.2, 0) is 0 Å². The third-order valence-electron chi connectivity index (χ3n) is 2.17. The van der Waals surface area contributed by atoms with Crippen LogP contribution in [0.1, 0.15) is 5.69 Å². The van der Waals surface area contributed by atoms with E-state index < -0.39 is 0 Å². The van der Waals surface area contributed by atoms with Crippen molar-refractivity contribution in [3.05, 3.63) is 42.4 Å². The van der Waals surface area contributed by atoms with E-state index in [4.69, 9.17) is 27.4 Å². The summed E-state index contributed by atoms with van der Waals surface area (Å²) in [7, 11) is 1.56. The topological polar surface area (TPSA) is 70.3 Å². The van der Waals surface area contributed by atoms with E-state index in [-0.39, 0.29) is 10.9 Å². The summed E-state index contributed by atoms with van der Waals surface area (Å²) in [5.41, 5.74) is 5.90. The van der Waals surface area contributed by atoms with Gasteiger partial charge in [-0.3, -0.25) is 0 Å². The van der Waals surface area contributed by atoms with Crippen molar-refractivity contribution in [1.82, 2.24) is 9.97 Å². The Bertz CT molecular complexity index is 575. The van der Waals surface area contributed by atoms with Gasteiger partial charge in [-0.2, -0.15) is 0 Å². The minimum atomic E-state index is 0.132. The first kappa shape index (κ1) is 12.3. The van der Waals surface area contributed by atoms with Crippen molar-refractivity contribution in [3.8, 4) is 17.4 Å². The van der Waals surface area contributed by atoms with Gasteiger partial charge in [0.05, 0.1) is 7.11 Å². The summed E-state index contributed by atoms with van der Waals surface area (Å²) in [6.45, 7) is 0. The Morgan fingerprint density at radius 2 is 1.83 bits per heavy atom. The van der Waals surface area contributed by atoms with E-state index in [1.54, 1.807) is 19.2 Å². The largest absolute Gasteiger partial charge is 0.493 e. The number of hydrogen-bond donors (Lipinski definition) is 1. The Morgan fingerprint density at radius 1 is 1.17 bits per heavy atom. The van der Waals surface area contributed by atoms with E-state index in [9.17, 15) is 0 Å². The number of methoxy groups -OCH3 is 1. The second kappa shape index (κ2) is 5.42. The van der Waals surface area contributed by atoms with Crippen LogP contribution in [0.2, 0.25) is 0 Å². The van der Waals surface area contributed by atoms with Gasteiger partial charge >= 0.3 is 0 Å². The first-order valence-electron chi connectivity index (χ1n) is 5.14. The van der Waals surface area contributed by atoms with Crippen LogP contribution < -0.4 is 15.2 Å². The van der Waals surface area contributed by atoms with Crippen LogP contribution in [0.15, 0.2) is 36.7 Å². The number of nitrogens with zero attached hydrogens (tertiary/aromatic N) is 2. The van der Waals surface area contributed by atoms with Gasteiger partial charge in [-0.05, 0) is 12.1 Å². The molecule has 0 atom stereocenters. The average Bonchev–Trinajstić information content (AvgIpc) is 2.40. The first-order chi connectivity index (χ1) is 8.72. The van der Waals surface area contributed by atoms with Gasteiger partial charge in [0.2, 0.25) is 5.88 Å². The molecule has 0 radical (unpaired) electrons. The molecule has 5 nitrogen and oxygen atoms in total. The molecular formula is C12H11N3O2S. The van der Waals surface area contributed by atoms with Crippen molar-refractivity contribution < 1.29 is 9.47 Å². The minimum absolute atomic E-state index is 0.132. The maximum Gasteiger partial charge on any atom is 0.248 e. The van der Waals surface area contributed by atoms with Gasteiger partial charge in [0.15, 0.2) is 17.2 Å². The van der Waals surface area contributed by atoms with Crippen molar-refractivity contribution in [2.75, 3.05) is 7.11 Å². The quantitative estimate of drug-likeness (QED) is 0.848. The number of hydrogen-bond acceptors (Lipinski definition) is 5. The Hall–Kier alpha value is -2.21. The highest BCUT2D eigenvalue weighted by atomic mass is 32.1. The number of benzene rings is 1. The van der Waals surface area contributed by atoms with Crippen LogP contribution in [-0.4, -0.2) is 22.1 Å². The van der Waals surface area contributed by atoms with Gasteiger partial charge in [0.1, 0.15) is 4.99 Å². The number of nitrogens with two attached hydrogens (primary N) is 1. The molecule has 6 heteroatoms. The van der Waals surface area contributed by atoms with E-state index in [0.29, 0.717) is 17.2 Å². The summed E-state index contributed by atoms with van der Waals surface area (Å²) in [6.07, 6.45) is 3.01. The molecule has 1 aromatic heterocycles. The fourth-order valence-corrected chi connectivity index (χ4v) is 1.52. The molecule has 0 aliphatic rings. The highest BCUT2D eigenvalue weighted by Crippen LogP contribution is 2.30. The van der Waals surface area contributed by atoms with Crippen LogP contribution in [0.3, 0.4) is 0 Å². The standard InChI is InChI=1S/C12H11N3O2S/c1-16-8-4-2-3-5-9(8)17-12-10(11(13)18)14-6-7-15-12/h2-7H,1H3,(H2,13,18). The molecule has 18 heavy (non-hydrogen) atoms. The van der Waals surface area contributed by atoms with Gasteiger partial charge in [-0.25, -0.2) is 9.97 Å². The molecule has 0 aliphatic carbocycles. The highest BCUT2D eigenvalue weighted by Gasteiger charge is 2.12. The van der Waals surface area contributed by atoms with Crippen molar-refractivity contribution in [2.45, 2.75) is 0 Å². The zero-order valence-corrected chi connectivity index (χ0v) is 10.5. The maximum atomic E-state index is 5.63. The lowest BCUT2D eigenvalue weighted by atomic mass is 10.3. The average molecular weight is 261 g/mol. The summed E-state index contributed by atoms with van der Waals surface area (Å²) in [4.78, 5) is 8.23. The SMILES string of the molecule is COc1ccccc1Oc1nccnc1C(N)=S. The third-order valence-corrected chi connectivity index (χ3v) is 2.37. The summed E-state index contributed by atoms with van der Waals surface area (Å²) in [5.74, 6) is 1.38. The molecule has 1 heterocycles. The maximum absolute atomic E-state index is 5.63. The van der Waals surface area contributed by atoms with Gasteiger partial charge in [-0.15, -0.1) is 0 Å². The van der Waals surface area contributed by atoms with Gasteiger partial charge in [0, 0.05) is 12.4 Å². The number of rotatable bonds is 4. The molecule has 0 amide bonds. The molecule has 0 bridgehead atoms. The van der Waals surface area contributed by atoms with Crippen LogP contribution in [0.5, 0.6) is 17.4 Å². The smallest absolute Gasteiger partial charge is 0.248 e. The molecule has 0 spiro atoms. The molecule has 0 fully saturated rings. The Morgan fingerprint density at radius 3 is 2.50 bits per heavy atom. The van der Waals surface area contributed by atoms with Crippen molar-refractivity contribution in [1.29, 1.82) is 0 Å². The summed E-state index contributed by atoms with van der Waals surface area (Å²) >= 11 is 4.89. The van der Waals surface area contributed by atoms with E-state index in [0.717, 1.165) is 0 Å². The lowest BCUT2D eigenvalue weighted by Gasteiger charge is -2.10. The van der Waals surface area contributed by atoms with Crippen molar-refractivity contribution >= 4 is 17.2 Å². The summed E-state index contributed by atoms with van der Waals surface area (Å²) in [5, 5.41) is 0. The van der Waals surface area contributed by atoms with Crippen molar-refractivity contribution in [2.24, 2.45) is 5.73 Å². The predicted molar refractivity (Wildman–Crippen MR) is 71.0 cm³/mol. The molecule has 0 aliphatic heterocycles. The number of thiocarbonyl (C=S) groups is 1. The normalized spacial score (nSPS) is 9.83. The third kappa shape index (κ3) is 2.54. The number of para-hydroxylation sites is 2. The summed E-state index contributed by atoms with van der Waals surface area (Å²) in [6, 6.07) is 7.22. The fraction of sp³-hybridized carbons (Fsp3) is 0.0833. The molecule has 2 rings (SSSR count). The predicted octanol–water partition coefficient (Wildman–Crippen LogP) is 1.91. The van der Waals surface area contributed by atoms with E-state index in [2.05, 4.69) is 9.97 Å². The molecule has 0 saturated heterocycles. The summed E-state index contributed by atoms with van der Waals surface area (Å²) < 4.78 is 10.8. The fourth-order valence-electron chi connectivity index (χ4n) is 1.38. The molecule has 0 saturated carbocycles. The highest BCUT2D eigenvalue weighted by molar-refractivity contribution is 7.80. The van der Waals surface area contributed by atoms with E-state index >= 15 is 0 Å². The lowest BCUT2D eigenvalue weighted by molar-refractivity contribution is 0.373.